The Morgan fingerprint density at radius 1 is 1.42 bits per heavy atom. The van der Waals surface area contributed by atoms with Gasteiger partial charge in [0.05, 0.1) is 12.2 Å². The molecule has 98 valence electrons. The van der Waals surface area contributed by atoms with Gasteiger partial charge in [-0.2, -0.15) is 0 Å². The molecule has 5 heteroatoms. The van der Waals surface area contributed by atoms with E-state index in [0.29, 0.717) is 22.8 Å². The molecule has 0 atom stereocenters. The van der Waals surface area contributed by atoms with E-state index in [1.165, 1.54) is 0 Å². The molecule has 1 amide bonds. The van der Waals surface area contributed by atoms with Crippen LogP contribution in [0.5, 0.6) is 0 Å². The number of aryl methyl sites for hydroxylation is 1. The van der Waals surface area contributed by atoms with Crippen LogP contribution in [0.3, 0.4) is 0 Å². The quantitative estimate of drug-likeness (QED) is 0.846. The van der Waals surface area contributed by atoms with Crippen LogP contribution in [0.25, 0.3) is 0 Å². The number of amides is 1. The Morgan fingerprint density at radius 3 is 2.89 bits per heavy atom. The number of aromatic nitrogens is 1. The van der Waals surface area contributed by atoms with E-state index in [2.05, 4.69) is 10.3 Å². The van der Waals surface area contributed by atoms with E-state index in [4.69, 9.17) is 17.3 Å². The molecular formula is C14H14ClN3O. The van der Waals surface area contributed by atoms with E-state index in [1.54, 1.807) is 24.4 Å². The normalized spacial score (nSPS) is 10.2. The molecular weight excluding hydrogens is 262 g/mol. The molecule has 0 spiro atoms. The first kappa shape index (κ1) is 13.4. The van der Waals surface area contributed by atoms with Crippen LogP contribution in [0, 0.1) is 6.92 Å². The molecule has 1 aromatic heterocycles. The molecule has 0 fully saturated rings. The summed E-state index contributed by atoms with van der Waals surface area (Å²) in [6, 6.07) is 8.58. The first-order valence-electron chi connectivity index (χ1n) is 5.81. The molecule has 2 aromatic rings. The van der Waals surface area contributed by atoms with E-state index in [-0.39, 0.29) is 5.91 Å². The molecule has 0 aliphatic rings. The second kappa shape index (κ2) is 5.71. The van der Waals surface area contributed by atoms with E-state index in [0.717, 1.165) is 11.3 Å². The SMILES string of the molecule is Cc1cccnc1CNC(=O)c1cc(N)cc(Cl)c1. The minimum atomic E-state index is -0.223. The van der Waals surface area contributed by atoms with E-state index < -0.39 is 0 Å². The molecule has 1 heterocycles. The number of nitrogens with zero attached hydrogens (tertiary/aromatic N) is 1. The number of carbonyl (C=O) groups is 1. The number of benzene rings is 1. The summed E-state index contributed by atoms with van der Waals surface area (Å²) in [6.07, 6.45) is 1.70. The fraction of sp³-hybridized carbons (Fsp3) is 0.143. The van der Waals surface area contributed by atoms with Gasteiger partial charge in [-0.15, -0.1) is 0 Å². The fourth-order valence-corrected chi connectivity index (χ4v) is 1.96. The second-order valence-corrected chi connectivity index (χ2v) is 4.66. The molecule has 3 N–H and O–H groups in total. The molecule has 0 saturated carbocycles. The number of nitrogens with two attached hydrogens (primary N) is 1. The monoisotopic (exact) mass is 275 g/mol. The summed E-state index contributed by atoms with van der Waals surface area (Å²) in [5.74, 6) is -0.223. The van der Waals surface area contributed by atoms with Crippen LogP contribution >= 0.6 is 11.6 Å². The van der Waals surface area contributed by atoms with Crippen LogP contribution in [0.4, 0.5) is 5.69 Å². The predicted octanol–water partition coefficient (Wildman–Crippen LogP) is 2.56. The molecule has 4 nitrogen and oxygen atoms in total. The summed E-state index contributed by atoms with van der Waals surface area (Å²) in [5.41, 5.74) is 8.43. The first-order chi connectivity index (χ1) is 9.06. The zero-order valence-electron chi connectivity index (χ0n) is 10.5. The highest BCUT2D eigenvalue weighted by Gasteiger charge is 2.08. The summed E-state index contributed by atoms with van der Waals surface area (Å²) in [5, 5.41) is 3.24. The van der Waals surface area contributed by atoms with Gasteiger partial charge < -0.3 is 11.1 Å². The molecule has 0 unspecified atom stereocenters. The van der Waals surface area contributed by atoms with Crippen molar-refractivity contribution in [1.29, 1.82) is 0 Å². The lowest BCUT2D eigenvalue weighted by Crippen LogP contribution is -2.23. The van der Waals surface area contributed by atoms with Crippen LogP contribution in [0.1, 0.15) is 21.6 Å². The van der Waals surface area contributed by atoms with E-state index in [9.17, 15) is 4.79 Å². The third-order valence-electron chi connectivity index (χ3n) is 2.72. The molecule has 19 heavy (non-hydrogen) atoms. The third kappa shape index (κ3) is 3.45. The largest absolute Gasteiger partial charge is 0.399 e. The molecule has 0 radical (unpaired) electrons. The van der Waals surface area contributed by atoms with Crippen LogP contribution < -0.4 is 11.1 Å². The maximum Gasteiger partial charge on any atom is 0.251 e. The number of anilines is 1. The summed E-state index contributed by atoms with van der Waals surface area (Å²) in [7, 11) is 0. The summed E-state index contributed by atoms with van der Waals surface area (Å²) >= 11 is 5.86. The van der Waals surface area contributed by atoms with Gasteiger partial charge in [-0.1, -0.05) is 17.7 Å². The highest BCUT2D eigenvalue weighted by Crippen LogP contribution is 2.16. The van der Waals surface area contributed by atoms with Gasteiger partial charge in [-0.3, -0.25) is 9.78 Å². The molecule has 1 aromatic carbocycles. The zero-order valence-corrected chi connectivity index (χ0v) is 11.2. The van der Waals surface area contributed by atoms with Crippen molar-refractivity contribution in [3.8, 4) is 0 Å². The van der Waals surface area contributed by atoms with Crippen molar-refractivity contribution in [2.75, 3.05) is 5.73 Å². The topological polar surface area (TPSA) is 68.0 Å². The molecule has 0 aliphatic heterocycles. The van der Waals surface area contributed by atoms with Crippen molar-refractivity contribution >= 4 is 23.2 Å². The van der Waals surface area contributed by atoms with Gasteiger partial charge in [0.25, 0.3) is 5.91 Å². The number of carbonyl (C=O) groups excluding carboxylic acids is 1. The lowest BCUT2D eigenvalue weighted by atomic mass is 10.1. The minimum Gasteiger partial charge on any atom is -0.399 e. The summed E-state index contributed by atoms with van der Waals surface area (Å²) in [6.45, 7) is 2.32. The Morgan fingerprint density at radius 2 is 2.21 bits per heavy atom. The number of hydrogen-bond acceptors (Lipinski definition) is 3. The predicted molar refractivity (Wildman–Crippen MR) is 76.0 cm³/mol. The van der Waals surface area contributed by atoms with Gasteiger partial charge in [0.2, 0.25) is 0 Å². The zero-order chi connectivity index (χ0) is 13.8. The van der Waals surface area contributed by atoms with Crippen molar-refractivity contribution in [3.05, 3.63) is 58.4 Å². The lowest BCUT2D eigenvalue weighted by Gasteiger charge is -2.08. The molecule has 0 saturated heterocycles. The molecule has 0 bridgehead atoms. The Bertz CT molecular complexity index is 593. The number of pyridine rings is 1. The number of nitrogens with one attached hydrogen (secondary N) is 1. The standard InChI is InChI=1S/C14H14ClN3O/c1-9-3-2-4-17-13(9)8-18-14(19)10-5-11(15)7-12(16)6-10/h2-7H,8,16H2,1H3,(H,18,19). The van der Waals surface area contributed by atoms with E-state index in [1.807, 2.05) is 19.1 Å². The Kier molecular flexibility index (Phi) is 4.02. The fourth-order valence-electron chi connectivity index (χ4n) is 1.71. The van der Waals surface area contributed by atoms with Crippen molar-refractivity contribution < 1.29 is 4.79 Å². The number of nitrogen functional groups attached to an aromatic ring is 1. The average molecular weight is 276 g/mol. The van der Waals surface area contributed by atoms with Gasteiger partial charge >= 0.3 is 0 Å². The second-order valence-electron chi connectivity index (χ2n) is 4.22. The van der Waals surface area contributed by atoms with Crippen molar-refractivity contribution in [2.24, 2.45) is 0 Å². The highest BCUT2D eigenvalue weighted by atomic mass is 35.5. The van der Waals surface area contributed by atoms with Crippen LogP contribution in [-0.4, -0.2) is 10.9 Å². The Hall–Kier alpha value is -2.07. The number of hydrogen-bond donors (Lipinski definition) is 2. The van der Waals surface area contributed by atoms with Gasteiger partial charge in [0.1, 0.15) is 0 Å². The first-order valence-corrected chi connectivity index (χ1v) is 6.19. The summed E-state index contributed by atoms with van der Waals surface area (Å²) < 4.78 is 0. The highest BCUT2D eigenvalue weighted by molar-refractivity contribution is 6.31. The minimum absolute atomic E-state index is 0.223. The Balaban J connectivity index is 2.08. The maximum absolute atomic E-state index is 12.0. The third-order valence-corrected chi connectivity index (χ3v) is 2.93. The smallest absolute Gasteiger partial charge is 0.251 e. The van der Waals surface area contributed by atoms with Crippen molar-refractivity contribution in [3.63, 3.8) is 0 Å². The van der Waals surface area contributed by atoms with Gasteiger partial charge in [-0.05, 0) is 36.8 Å². The van der Waals surface area contributed by atoms with Crippen LogP contribution in [0.15, 0.2) is 36.5 Å². The summed E-state index contributed by atoms with van der Waals surface area (Å²) in [4.78, 5) is 16.2. The van der Waals surface area contributed by atoms with Crippen LogP contribution in [-0.2, 0) is 6.54 Å². The van der Waals surface area contributed by atoms with Crippen molar-refractivity contribution in [1.82, 2.24) is 10.3 Å². The maximum atomic E-state index is 12.0. The average Bonchev–Trinajstić information content (AvgIpc) is 2.36. The number of halogens is 1. The van der Waals surface area contributed by atoms with E-state index >= 15 is 0 Å². The lowest BCUT2D eigenvalue weighted by molar-refractivity contribution is 0.0950. The van der Waals surface area contributed by atoms with Crippen LogP contribution in [0.2, 0.25) is 5.02 Å². The van der Waals surface area contributed by atoms with Gasteiger partial charge in [-0.25, -0.2) is 0 Å². The molecule has 0 aliphatic carbocycles. The number of rotatable bonds is 3. The molecule has 2 rings (SSSR count). The van der Waals surface area contributed by atoms with Crippen molar-refractivity contribution in [2.45, 2.75) is 13.5 Å². The van der Waals surface area contributed by atoms with Gasteiger partial charge in [0, 0.05) is 22.5 Å². The Labute approximate surface area is 116 Å². The van der Waals surface area contributed by atoms with Gasteiger partial charge in [0.15, 0.2) is 0 Å².